The third-order valence-electron chi connectivity index (χ3n) is 6.45. The SMILES string of the molecule is CCCCCCCCCCCCCCCCSCC(COP(=O)(O)OCC[N+](C)(C)C)CC(=O)N(C)C. The van der Waals surface area contributed by atoms with Gasteiger partial charge in [0, 0.05) is 26.4 Å². The lowest BCUT2D eigenvalue weighted by Gasteiger charge is -2.24. The number of hydrogen-bond acceptors (Lipinski definition) is 5. The summed E-state index contributed by atoms with van der Waals surface area (Å²) in [7, 11) is 5.31. The molecule has 0 radical (unpaired) electrons. The van der Waals surface area contributed by atoms with Crippen molar-refractivity contribution < 1.29 is 27.8 Å². The molecule has 2 unspecified atom stereocenters. The molecular weight excluding hydrogens is 507 g/mol. The van der Waals surface area contributed by atoms with Crippen molar-refractivity contribution in [2.75, 3.05) is 66.5 Å². The minimum Gasteiger partial charge on any atom is -0.349 e. The first-order valence-corrected chi connectivity index (χ1v) is 17.3. The second-order valence-corrected chi connectivity index (χ2v) is 14.2. The number of unbranched alkanes of at least 4 members (excludes halogenated alkanes) is 13. The fourth-order valence-corrected chi connectivity index (χ4v) is 5.82. The number of carbonyl (C=O) groups is 1. The van der Waals surface area contributed by atoms with Crippen LogP contribution in [0.25, 0.3) is 0 Å². The van der Waals surface area contributed by atoms with E-state index in [1.54, 1.807) is 30.8 Å². The van der Waals surface area contributed by atoms with Crippen molar-refractivity contribution in [2.45, 2.75) is 103 Å². The normalized spacial score (nSPS) is 14.5. The summed E-state index contributed by atoms with van der Waals surface area (Å²) in [6.45, 7) is 3.06. The summed E-state index contributed by atoms with van der Waals surface area (Å²) in [5.74, 6) is 1.66. The number of amides is 1. The summed E-state index contributed by atoms with van der Waals surface area (Å²) >= 11 is 1.81. The topological polar surface area (TPSA) is 76.1 Å². The van der Waals surface area contributed by atoms with Crippen LogP contribution in [0, 0.1) is 5.92 Å². The summed E-state index contributed by atoms with van der Waals surface area (Å²) < 4.78 is 23.3. The monoisotopic (exact) mass is 567 g/mol. The van der Waals surface area contributed by atoms with Crippen LogP contribution in [0.15, 0.2) is 0 Å². The maximum absolute atomic E-state index is 12.2. The van der Waals surface area contributed by atoms with E-state index in [9.17, 15) is 14.3 Å². The van der Waals surface area contributed by atoms with Crippen molar-refractivity contribution in [3.8, 4) is 0 Å². The predicted octanol–water partition coefficient (Wildman–Crippen LogP) is 7.14. The van der Waals surface area contributed by atoms with Crippen LogP contribution in [-0.4, -0.2) is 86.7 Å². The lowest BCUT2D eigenvalue weighted by molar-refractivity contribution is -0.870. The molecule has 0 fully saturated rings. The van der Waals surface area contributed by atoms with E-state index in [-0.39, 0.29) is 25.0 Å². The number of rotatable bonds is 26. The first-order valence-electron chi connectivity index (χ1n) is 14.7. The van der Waals surface area contributed by atoms with Gasteiger partial charge in [-0.25, -0.2) is 4.57 Å². The second kappa shape index (κ2) is 22.7. The molecule has 0 aliphatic carbocycles. The highest BCUT2D eigenvalue weighted by Crippen LogP contribution is 2.43. The van der Waals surface area contributed by atoms with Crippen molar-refractivity contribution >= 4 is 25.5 Å². The molecule has 0 saturated heterocycles. The Bertz CT molecular complexity index is 602. The van der Waals surface area contributed by atoms with Gasteiger partial charge in [0.2, 0.25) is 5.91 Å². The summed E-state index contributed by atoms with van der Waals surface area (Å²) in [5, 5.41) is 0. The number of hydrogen-bond donors (Lipinski definition) is 1. The number of quaternary nitrogens is 1. The first-order chi connectivity index (χ1) is 17.5. The van der Waals surface area contributed by atoms with E-state index < -0.39 is 7.82 Å². The van der Waals surface area contributed by atoms with E-state index >= 15 is 0 Å². The first kappa shape index (κ1) is 36.9. The van der Waals surface area contributed by atoms with E-state index in [4.69, 9.17) is 9.05 Å². The lowest BCUT2D eigenvalue weighted by atomic mass is 10.0. The van der Waals surface area contributed by atoms with Crippen molar-refractivity contribution in [1.82, 2.24) is 4.90 Å². The fraction of sp³-hybridized carbons (Fsp3) is 0.964. The van der Waals surface area contributed by atoms with Gasteiger partial charge in [-0.1, -0.05) is 90.4 Å². The average molecular weight is 568 g/mol. The molecule has 7 nitrogen and oxygen atoms in total. The Hall–Kier alpha value is -0.110. The van der Waals surface area contributed by atoms with E-state index in [0.717, 1.165) is 11.5 Å². The van der Waals surface area contributed by atoms with E-state index in [1.807, 2.05) is 21.1 Å². The molecule has 0 aromatic carbocycles. The zero-order chi connectivity index (χ0) is 28.0. The Kier molecular flexibility index (Phi) is 22.6. The molecule has 0 rings (SSSR count). The maximum Gasteiger partial charge on any atom is 0.472 e. The molecule has 0 aliphatic heterocycles. The van der Waals surface area contributed by atoms with Gasteiger partial charge >= 0.3 is 7.82 Å². The number of phosphoric acid groups is 1. The quantitative estimate of drug-likeness (QED) is 0.0680. The van der Waals surface area contributed by atoms with Gasteiger partial charge in [-0.3, -0.25) is 13.8 Å². The highest BCUT2D eigenvalue weighted by Gasteiger charge is 2.26. The van der Waals surface area contributed by atoms with Gasteiger partial charge in [-0.15, -0.1) is 0 Å². The molecule has 0 aromatic heterocycles. The van der Waals surface area contributed by atoms with Gasteiger partial charge in [0.05, 0.1) is 27.7 Å². The Labute approximate surface area is 233 Å². The highest BCUT2D eigenvalue weighted by atomic mass is 32.2. The summed E-state index contributed by atoms with van der Waals surface area (Å²) in [5.41, 5.74) is 0. The van der Waals surface area contributed by atoms with Gasteiger partial charge in [0.1, 0.15) is 13.2 Å². The molecule has 0 bridgehead atoms. The Balaban J connectivity index is 3.98. The highest BCUT2D eigenvalue weighted by molar-refractivity contribution is 7.99. The van der Waals surface area contributed by atoms with Crippen LogP contribution in [0.5, 0.6) is 0 Å². The maximum atomic E-state index is 12.2. The molecule has 0 spiro atoms. The van der Waals surface area contributed by atoms with Gasteiger partial charge in [0.25, 0.3) is 0 Å². The molecule has 222 valence electrons. The number of thioether (sulfide) groups is 1. The van der Waals surface area contributed by atoms with Crippen LogP contribution < -0.4 is 0 Å². The molecular formula is C28H60N2O5PS+. The molecule has 9 heteroatoms. The van der Waals surface area contributed by atoms with Crippen LogP contribution in [0.2, 0.25) is 0 Å². The molecule has 0 saturated carbocycles. The molecule has 0 aromatic rings. The van der Waals surface area contributed by atoms with Crippen LogP contribution in [0.3, 0.4) is 0 Å². The predicted molar refractivity (Wildman–Crippen MR) is 159 cm³/mol. The minimum absolute atomic E-state index is 0.00409. The number of carbonyl (C=O) groups excluding carboxylic acids is 1. The molecule has 2 atom stereocenters. The largest absolute Gasteiger partial charge is 0.472 e. The van der Waals surface area contributed by atoms with Crippen LogP contribution in [0.4, 0.5) is 0 Å². The zero-order valence-corrected chi connectivity index (χ0v) is 26.8. The third-order valence-corrected chi connectivity index (χ3v) is 8.72. The van der Waals surface area contributed by atoms with Crippen molar-refractivity contribution in [2.24, 2.45) is 5.92 Å². The van der Waals surface area contributed by atoms with Crippen LogP contribution in [0.1, 0.15) is 103 Å². The van der Waals surface area contributed by atoms with E-state index in [1.165, 1.54) is 89.9 Å². The van der Waals surface area contributed by atoms with Gasteiger partial charge in [0.15, 0.2) is 0 Å². The van der Waals surface area contributed by atoms with Crippen molar-refractivity contribution in [3.63, 3.8) is 0 Å². The van der Waals surface area contributed by atoms with Crippen molar-refractivity contribution in [1.29, 1.82) is 0 Å². The molecule has 37 heavy (non-hydrogen) atoms. The van der Waals surface area contributed by atoms with E-state index in [0.29, 0.717) is 17.4 Å². The molecule has 0 aliphatic rings. The smallest absolute Gasteiger partial charge is 0.349 e. The summed E-state index contributed by atoms with van der Waals surface area (Å²) in [6, 6.07) is 0. The molecule has 1 N–H and O–H groups in total. The summed E-state index contributed by atoms with van der Waals surface area (Å²) in [4.78, 5) is 23.8. The van der Waals surface area contributed by atoms with Gasteiger partial charge in [-0.2, -0.15) is 11.8 Å². The average Bonchev–Trinajstić information content (AvgIpc) is 2.81. The standard InChI is InChI=1S/C28H59N2O5PS/c1-7-8-9-10-11-12-13-14-15-16-17-18-19-20-23-37-26-27(24-28(31)29(2)3)25-35-36(32,33)34-22-21-30(4,5)6/h27H,7-26H2,1-6H3/p+1. The Morgan fingerprint density at radius 3 is 1.81 bits per heavy atom. The van der Waals surface area contributed by atoms with Crippen molar-refractivity contribution in [3.05, 3.63) is 0 Å². The lowest BCUT2D eigenvalue weighted by Crippen LogP contribution is -2.37. The third kappa shape index (κ3) is 25.9. The zero-order valence-electron chi connectivity index (χ0n) is 25.0. The van der Waals surface area contributed by atoms with E-state index in [2.05, 4.69) is 6.92 Å². The van der Waals surface area contributed by atoms with Gasteiger partial charge < -0.3 is 14.3 Å². The minimum atomic E-state index is -4.12. The molecule has 0 heterocycles. The Morgan fingerprint density at radius 1 is 0.865 bits per heavy atom. The number of nitrogens with zero attached hydrogens (tertiary/aromatic N) is 2. The Morgan fingerprint density at radius 2 is 1.35 bits per heavy atom. The number of phosphoric ester groups is 1. The summed E-state index contributed by atoms with van der Waals surface area (Å²) in [6.07, 6.45) is 19.2. The van der Waals surface area contributed by atoms with Crippen LogP contribution >= 0.6 is 19.6 Å². The van der Waals surface area contributed by atoms with Gasteiger partial charge in [-0.05, 0) is 17.9 Å². The second-order valence-electron chi connectivity index (χ2n) is 11.6. The van der Waals surface area contributed by atoms with Crippen LogP contribution in [-0.2, 0) is 18.4 Å². The molecule has 1 amide bonds. The fourth-order valence-electron chi connectivity index (χ4n) is 3.91. The number of likely N-dealkylation sites (N-methyl/N-ethyl adjacent to an activating group) is 1.